The highest BCUT2D eigenvalue weighted by Gasteiger charge is 2.14. The van der Waals surface area contributed by atoms with Crippen molar-refractivity contribution in [3.8, 4) is 0 Å². The molecule has 0 bridgehead atoms. The summed E-state index contributed by atoms with van der Waals surface area (Å²) in [7, 11) is 6.44. The zero-order valence-electron chi connectivity index (χ0n) is 15.2. The predicted octanol–water partition coefficient (Wildman–Crippen LogP) is 2.30. The molecule has 1 unspecified atom stereocenters. The molecule has 23 heavy (non-hydrogen) atoms. The SMILES string of the molecule is C=C/C(CO)=C(O)\C=C(/C)CC(CCC[N+](C)(C)C)NC(C)=O. The summed E-state index contributed by atoms with van der Waals surface area (Å²) in [4.78, 5) is 11.4. The Bertz CT molecular complexity index is 459. The maximum absolute atomic E-state index is 11.4. The lowest BCUT2D eigenvalue weighted by Crippen LogP contribution is -2.38. The van der Waals surface area contributed by atoms with E-state index in [9.17, 15) is 9.90 Å². The molecule has 0 aliphatic rings. The van der Waals surface area contributed by atoms with Crippen molar-refractivity contribution in [3.63, 3.8) is 0 Å². The van der Waals surface area contributed by atoms with Gasteiger partial charge in [-0.25, -0.2) is 0 Å². The molecule has 0 aromatic carbocycles. The zero-order valence-corrected chi connectivity index (χ0v) is 15.2. The minimum Gasteiger partial charge on any atom is -0.508 e. The Labute approximate surface area is 140 Å². The summed E-state index contributed by atoms with van der Waals surface area (Å²) in [5.41, 5.74) is 1.34. The van der Waals surface area contributed by atoms with E-state index in [0.29, 0.717) is 12.0 Å². The van der Waals surface area contributed by atoms with Crippen LogP contribution in [0.2, 0.25) is 0 Å². The molecule has 5 heteroatoms. The first-order chi connectivity index (χ1) is 10.6. The van der Waals surface area contributed by atoms with E-state index in [1.54, 1.807) is 6.08 Å². The molecule has 132 valence electrons. The van der Waals surface area contributed by atoms with Gasteiger partial charge in [0.1, 0.15) is 5.76 Å². The van der Waals surface area contributed by atoms with Crippen LogP contribution < -0.4 is 5.32 Å². The van der Waals surface area contributed by atoms with Crippen molar-refractivity contribution < 1.29 is 19.5 Å². The van der Waals surface area contributed by atoms with Crippen molar-refractivity contribution in [1.29, 1.82) is 0 Å². The van der Waals surface area contributed by atoms with Crippen LogP contribution in [0.1, 0.15) is 33.1 Å². The Morgan fingerprint density at radius 1 is 1.30 bits per heavy atom. The fraction of sp³-hybridized carbons (Fsp3) is 0.611. The number of nitrogens with one attached hydrogen (secondary N) is 1. The van der Waals surface area contributed by atoms with Crippen LogP contribution in [-0.2, 0) is 4.79 Å². The highest BCUT2D eigenvalue weighted by molar-refractivity contribution is 5.73. The number of rotatable bonds is 10. The number of hydrogen-bond donors (Lipinski definition) is 3. The molecule has 0 saturated heterocycles. The molecule has 0 saturated carbocycles. The van der Waals surface area contributed by atoms with Gasteiger partial charge >= 0.3 is 0 Å². The van der Waals surface area contributed by atoms with Crippen LogP contribution in [-0.4, -0.2) is 60.9 Å². The number of nitrogens with zero attached hydrogens (tertiary/aromatic N) is 1. The van der Waals surface area contributed by atoms with Crippen LogP contribution in [0.4, 0.5) is 0 Å². The molecule has 0 fully saturated rings. The van der Waals surface area contributed by atoms with Gasteiger partial charge in [-0.3, -0.25) is 4.79 Å². The molecule has 0 aliphatic heterocycles. The minimum atomic E-state index is -0.252. The Morgan fingerprint density at radius 2 is 1.91 bits per heavy atom. The quantitative estimate of drug-likeness (QED) is 0.328. The standard InChI is InChI=1S/C18H32N2O3/c1-7-16(13-21)18(23)12-14(2)11-17(19-15(3)22)9-8-10-20(4,5)6/h7,12,17,21H,1,8-11,13H2,2-6H3,(H-,19,22,23)/p+1/b14-12+,18-16-. The van der Waals surface area contributed by atoms with E-state index in [1.807, 2.05) is 6.92 Å². The molecule has 5 nitrogen and oxygen atoms in total. The van der Waals surface area contributed by atoms with Gasteiger partial charge in [-0.05, 0) is 32.3 Å². The van der Waals surface area contributed by atoms with Crippen LogP contribution in [0.3, 0.4) is 0 Å². The van der Waals surface area contributed by atoms with E-state index < -0.39 is 0 Å². The zero-order chi connectivity index (χ0) is 18.0. The molecule has 0 aromatic heterocycles. The Kier molecular flexibility index (Phi) is 9.53. The minimum absolute atomic E-state index is 0.0212. The number of hydrogen-bond acceptors (Lipinski definition) is 3. The lowest BCUT2D eigenvalue weighted by Gasteiger charge is -2.25. The summed E-state index contributed by atoms with van der Waals surface area (Å²) >= 11 is 0. The lowest BCUT2D eigenvalue weighted by atomic mass is 10.0. The van der Waals surface area contributed by atoms with Gasteiger partial charge < -0.3 is 20.0 Å². The summed E-state index contributed by atoms with van der Waals surface area (Å²) in [5.74, 6) is -0.0251. The van der Waals surface area contributed by atoms with Gasteiger partial charge in [0.05, 0.1) is 34.3 Å². The number of carbonyl (C=O) groups is 1. The summed E-state index contributed by atoms with van der Waals surface area (Å²) < 4.78 is 0.893. The molecule has 1 amide bonds. The number of allylic oxidation sites excluding steroid dienone is 1. The lowest BCUT2D eigenvalue weighted by molar-refractivity contribution is -0.870. The molecular formula is C18H33N2O3+. The second-order valence-electron chi connectivity index (χ2n) is 7.02. The largest absolute Gasteiger partial charge is 0.508 e. The molecule has 0 rings (SSSR count). The monoisotopic (exact) mass is 325 g/mol. The number of aliphatic hydroxyl groups excluding tert-OH is 2. The maximum atomic E-state index is 11.4. The topological polar surface area (TPSA) is 69.6 Å². The number of amides is 1. The van der Waals surface area contributed by atoms with E-state index in [4.69, 9.17) is 5.11 Å². The van der Waals surface area contributed by atoms with Crippen LogP contribution in [0.25, 0.3) is 0 Å². The average Bonchev–Trinajstić information content (AvgIpc) is 2.37. The van der Waals surface area contributed by atoms with E-state index >= 15 is 0 Å². The third-order valence-electron chi connectivity index (χ3n) is 3.49. The summed E-state index contributed by atoms with van der Waals surface area (Å²) in [6.45, 7) is 7.77. The van der Waals surface area contributed by atoms with Crippen molar-refractivity contribution in [3.05, 3.63) is 35.6 Å². The first-order valence-corrected chi connectivity index (χ1v) is 7.99. The van der Waals surface area contributed by atoms with Crippen molar-refractivity contribution >= 4 is 5.91 Å². The first kappa shape index (κ1) is 21.4. The van der Waals surface area contributed by atoms with Crippen LogP contribution in [0.15, 0.2) is 35.6 Å². The van der Waals surface area contributed by atoms with Gasteiger partial charge in [-0.2, -0.15) is 0 Å². The van der Waals surface area contributed by atoms with Crippen LogP contribution >= 0.6 is 0 Å². The van der Waals surface area contributed by atoms with Gasteiger partial charge in [0.25, 0.3) is 0 Å². The van der Waals surface area contributed by atoms with Crippen molar-refractivity contribution in [2.24, 2.45) is 0 Å². The van der Waals surface area contributed by atoms with E-state index in [0.717, 1.165) is 29.4 Å². The van der Waals surface area contributed by atoms with Crippen LogP contribution in [0.5, 0.6) is 0 Å². The highest BCUT2D eigenvalue weighted by Crippen LogP contribution is 2.14. The molecular weight excluding hydrogens is 292 g/mol. The average molecular weight is 325 g/mol. The molecule has 0 heterocycles. The predicted molar refractivity (Wildman–Crippen MR) is 95.0 cm³/mol. The van der Waals surface area contributed by atoms with Crippen molar-refractivity contribution in [2.75, 3.05) is 34.3 Å². The molecule has 0 aromatic rings. The molecule has 0 radical (unpaired) electrons. The van der Waals surface area contributed by atoms with Crippen LogP contribution in [0, 0.1) is 0 Å². The van der Waals surface area contributed by atoms with Gasteiger partial charge in [0, 0.05) is 18.5 Å². The number of carbonyl (C=O) groups excluding carboxylic acids is 1. The van der Waals surface area contributed by atoms with Gasteiger partial charge in [-0.15, -0.1) is 0 Å². The van der Waals surface area contributed by atoms with Crippen molar-refractivity contribution in [2.45, 2.75) is 39.2 Å². The third-order valence-corrected chi connectivity index (χ3v) is 3.49. The molecule has 0 spiro atoms. The van der Waals surface area contributed by atoms with Gasteiger partial charge in [0.15, 0.2) is 0 Å². The summed E-state index contributed by atoms with van der Waals surface area (Å²) in [6.07, 6.45) is 5.63. The fourth-order valence-electron chi connectivity index (χ4n) is 2.35. The normalized spacial score (nSPS) is 15.0. The molecule has 3 N–H and O–H groups in total. The Hall–Kier alpha value is -1.59. The fourth-order valence-corrected chi connectivity index (χ4v) is 2.35. The Morgan fingerprint density at radius 3 is 2.35 bits per heavy atom. The Balaban J connectivity index is 4.84. The maximum Gasteiger partial charge on any atom is 0.217 e. The van der Waals surface area contributed by atoms with Crippen molar-refractivity contribution in [1.82, 2.24) is 5.32 Å². The second kappa shape index (κ2) is 10.2. The number of aliphatic hydroxyl groups is 2. The smallest absolute Gasteiger partial charge is 0.217 e. The summed E-state index contributed by atoms with van der Waals surface area (Å²) in [6, 6.07) is 0.0457. The second-order valence-corrected chi connectivity index (χ2v) is 7.02. The van der Waals surface area contributed by atoms with Gasteiger partial charge in [-0.1, -0.05) is 18.2 Å². The number of quaternary nitrogens is 1. The highest BCUT2D eigenvalue weighted by atomic mass is 16.3. The molecule has 1 atom stereocenters. The van der Waals surface area contributed by atoms with E-state index in [-0.39, 0.29) is 24.3 Å². The first-order valence-electron chi connectivity index (χ1n) is 7.99. The van der Waals surface area contributed by atoms with Gasteiger partial charge in [0.2, 0.25) is 5.91 Å². The molecule has 0 aliphatic carbocycles. The van der Waals surface area contributed by atoms with E-state index in [2.05, 4.69) is 33.0 Å². The van der Waals surface area contributed by atoms with E-state index in [1.165, 1.54) is 13.0 Å². The summed E-state index contributed by atoms with van der Waals surface area (Å²) in [5, 5.41) is 22.0. The third kappa shape index (κ3) is 10.7.